The molecule has 0 aliphatic rings. The highest BCUT2D eigenvalue weighted by molar-refractivity contribution is 9.10. The minimum atomic E-state index is -0.676. The molecule has 0 aliphatic heterocycles. The van der Waals surface area contributed by atoms with Crippen molar-refractivity contribution in [1.29, 1.82) is 0 Å². The molecular weight excluding hydrogens is 359 g/mol. The molecule has 6 heteroatoms. The Balaban J connectivity index is 2.21. The van der Waals surface area contributed by atoms with Gasteiger partial charge in [-0.3, -0.25) is 0 Å². The number of anilines is 1. The van der Waals surface area contributed by atoms with Gasteiger partial charge in [0.05, 0.1) is 5.69 Å². The van der Waals surface area contributed by atoms with E-state index in [1.807, 2.05) is 0 Å². The quantitative estimate of drug-likeness (QED) is 0.740. The summed E-state index contributed by atoms with van der Waals surface area (Å²) in [5.41, 5.74) is 0.905. The fourth-order valence-electron chi connectivity index (χ4n) is 1.57. The first-order chi connectivity index (χ1) is 8.97. The van der Waals surface area contributed by atoms with Crippen LogP contribution in [0.15, 0.2) is 34.8 Å². The van der Waals surface area contributed by atoms with E-state index in [0.717, 1.165) is 11.6 Å². The molecule has 1 N–H and O–H groups in total. The summed E-state index contributed by atoms with van der Waals surface area (Å²) < 4.78 is 26.9. The van der Waals surface area contributed by atoms with E-state index >= 15 is 0 Å². The highest BCUT2D eigenvalue weighted by atomic mass is 79.9. The molecule has 2 aromatic carbocycles. The molecule has 0 fully saturated rings. The molecule has 0 aromatic heterocycles. The van der Waals surface area contributed by atoms with Crippen LogP contribution in [0.3, 0.4) is 0 Å². The molecule has 0 spiro atoms. The lowest BCUT2D eigenvalue weighted by atomic mass is 10.2. The summed E-state index contributed by atoms with van der Waals surface area (Å²) in [6.07, 6.45) is 0. The fraction of sp³-hybridized carbons (Fsp3) is 0.0769. The average Bonchev–Trinajstić information content (AvgIpc) is 2.32. The van der Waals surface area contributed by atoms with Crippen LogP contribution in [0, 0.1) is 11.6 Å². The topological polar surface area (TPSA) is 12.0 Å². The van der Waals surface area contributed by atoms with Crippen LogP contribution in [-0.4, -0.2) is 0 Å². The third kappa shape index (κ3) is 3.59. The standard InChI is InChI=1S/C13H8BrCl2F2N/c14-10-4-9(17)5-12(18)13(10)19-6-7-3-8(15)1-2-11(7)16/h1-5,19H,6H2. The zero-order valence-electron chi connectivity index (χ0n) is 9.48. The minimum Gasteiger partial charge on any atom is -0.378 e. The number of nitrogens with one attached hydrogen (secondary N) is 1. The van der Waals surface area contributed by atoms with E-state index in [4.69, 9.17) is 23.2 Å². The van der Waals surface area contributed by atoms with E-state index in [1.165, 1.54) is 6.07 Å². The van der Waals surface area contributed by atoms with Gasteiger partial charge in [-0.15, -0.1) is 0 Å². The molecule has 2 aromatic rings. The van der Waals surface area contributed by atoms with Crippen molar-refractivity contribution in [1.82, 2.24) is 0 Å². The highest BCUT2D eigenvalue weighted by Gasteiger charge is 2.10. The summed E-state index contributed by atoms with van der Waals surface area (Å²) >= 11 is 15.0. The first kappa shape index (κ1) is 14.6. The molecule has 0 atom stereocenters. The van der Waals surface area contributed by atoms with Gasteiger partial charge in [-0.05, 0) is 45.8 Å². The van der Waals surface area contributed by atoms with Gasteiger partial charge in [-0.2, -0.15) is 0 Å². The molecule has 0 amide bonds. The van der Waals surface area contributed by atoms with Crippen molar-refractivity contribution >= 4 is 44.8 Å². The molecule has 0 bridgehead atoms. The number of benzene rings is 2. The van der Waals surface area contributed by atoms with E-state index in [2.05, 4.69) is 21.2 Å². The SMILES string of the molecule is Fc1cc(F)c(NCc2cc(Cl)ccc2Cl)c(Br)c1. The molecule has 0 saturated carbocycles. The smallest absolute Gasteiger partial charge is 0.150 e. The largest absolute Gasteiger partial charge is 0.378 e. The molecule has 0 heterocycles. The molecule has 0 radical (unpaired) electrons. The molecule has 19 heavy (non-hydrogen) atoms. The van der Waals surface area contributed by atoms with Gasteiger partial charge in [0.2, 0.25) is 0 Å². The number of rotatable bonds is 3. The van der Waals surface area contributed by atoms with Gasteiger partial charge in [0, 0.05) is 27.1 Å². The Labute approximate surface area is 127 Å². The monoisotopic (exact) mass is 365 g/mol. The maximum atomic E-state index is 13.6. The van der Waals surface area contributed by atoms with E-state index in [1.54, 1.807) is 18.2 Å². The predicted octanol–water partition coefficient (Wildman–Crippen LogP) is 5.65. The Hall–Kier alpha value is -0.840. The van der Waals surface area contributed by atoms with E-state index in [9.17, 15) is 8.78 Å². The van der Waals surface area contributed by atoms with Gasteiger partial charge in [0.25, 0.3) is 0 Å². The molecule has 1 nitrogen and oxygen atoms in total. The fourth-order valence-corrected chi connectivity index (χ4v) is 2.50. The highest BCUT2D eigenvalue weighted by Crippen LogP contribution is 2.28. The predicted molar refractivity (Wildman–Crippen MR) is 77.8 cm³/mol. The van der Waals surface area contributed by atoms with Crippen LogP contribution >= 0.6 is 39.1 Å². The van der Waals surface area contributed by atoms with Gasteiger partial charge >= 0.3 is 0 Å². The van der Waals surface area contributed by atoms with Crippen molar-refractivity contribution in [3.05, 3.63) is 62.0 Å². The Morgan fingerprint density at radius 3 is 2.53 bits per heavy atom. The Morgan fingerprint density at radius 1 is 1.11 bits per heavy atom. The normalized spacial score (nSPS) is 10.6. The Morgan fingerprint density at radius 2 is 1.84 bits per heavy atom. The lowest BCUT2D eigenvalue weighted by Crippen LogP contribution is -2.03. The minimum absolute atomic E-state index is 0.178. The summed E-state index contributed by atoms with van der Waals surface area (Å²) in [6, 6.07) is 7.02. The summed E-state index contributed by atoms with van der Waals surface area (Å²) in [6.45, 7) is 0.278. The molecule has 0 saturated heterocycles. The maximum absolute atomic E-state index is 13.6. The number of hydrogen-bond acceptors (Lipinski definition) is 1. The van der Waals surface area contributed by atoms with E-state index in [-0.39, 0.29) is 12.2 Å². The van der Waals surface area contributed by atoms with Gasteiger partial charge < -0.3 is 5.32 Å². The zero-order valence-corrected chi connectivity index (χ0v) is 12.6. The number of hydrogen-bond donors (Lipinski definition) is 1. The van der Waals surface area contributed by atoms with Crippen molar-refractivity contribution < 1.29 is 8.78 Å². The van der Waals surface area contributed by atoms with E-state index < -0.39 is 11.6 Å². The molecule has 2 rings (SSSR count). The lowest BCUT2D eigenvalue weighted by molar-refractivity contribution is 0.583. The van der Waals surface area contributed by atoms with Crippen LogP contribution < -0.4 is 5.32 Å². The lowest BCUT2D eigenvalue weighted by Gasteiger charge is -2.11. The Bertz CT molecular complexity index is 597. The van der Waals surface area contributed by atoms with Crippen LogP contribution in [-0.2, 0) is 6.54 Å². The third-order valence-electron chi connectivity index (χ3n) is 2.47. The summed E-state index contributed by atoms with van der Waals surface area (Å²) in [5, 5.41) is 3.93. The molecule has 100 valence electrons. The summed E-state index contributed by atoms with van der Waals surface area (Å²) in [4.78, 5) is 0. The van der Waals surface area contributed by atoms with Crippen molar-refractivity contribution in [2.75, 3.05) is 5.32 Å². The van der Waals surface area contributed by atoms with E-state index in [0.29, 0.717) is 14.5 Å². The second-order valence-corrected chi connectivity index (χ2v) is 5.53. The Kier molecular flexibility index (Phi) is 4.66. The molecular formula is C13H8BrCl2F2N. The van der Waals surface area contributed by atoms with Crippen molar-refractivity contribution in [3.8, 4) is 0 Å². The first-order valence-electron chi connectivity index (χ1n) is 5.29. The van der Waals surface area contributed by atoms with Crippen molar-refractivity contribution in [2.45, 2.75) is 6.54 Å². The van der Waals surface area contributed by atoms with Crippen LogP contribution in [0.5, 0.6) is 0 Å². The molecule has 0 unspecified atom stereocenters. The van der Waals surface area contributed by atoms with Crippen molar-refractivity contribution in [2.24, 2.45) is 0 Å². The molecule has 0 aliphatic carbocycles. The summed E-state index contributed by atoms with van der Waals surface area (Å²) in [7, 11) is 0. The first-order valence-corrected chi connectivity index (χ1v) is 6.84. The van der Waals surface area contributed by atoms with Gasteiger partial charge in [0.1, 0.15) is 11.6 Å². The van der Waals surface area contributed by atoms with Gasteiger partial charge in [-0.1, -0.05) is 23.2 Å². The second kappa shape index (κ2) is 6.07. The van der Waals surface area contributed by atoms with Crippen LogP contribution in [0.2, 0.25) is 10.0 Å². The summed E-state index contributed by atoms with van der Waals surface area (Å²) in [5.74, 6) is -1.32. The van der Waals surface area contributed by atoms with Crippen LogP contribution in [0.25, 0.3) is 0 Å². The van der Waals surface area contributed by atoms with Crippen LogP contribution in [0.4, 0.5) is 14.5 Å². The van der Waals surface area contributed by atoms with Gasteiger partial charge in [-0.25, -0.2) is 8.78 Å². The second-order valence-electron chi connectivity index (χ2n) is 3.83. The average molecular weight is 367 g/mol. The zero-order chi connectivity index (χ0) is 14.0. The van der Waals surface area contributed by atoms with Crippen LogP contribution in [0.1, 0.15) is 5.56 Å². The van der Waals surface area contributed by atoms with Crippen molar-refractivity contribution in [3.63, 3.8) is 0 Å². The van der Waals surface area contributed by atoms with Gasteiger partial charge in [0.15, 0.2) is 0 Å². The maximum Gasteiger partial charge on any atom is 0.150 e. The number of halogens is 5. The third-order valence-corrected chi connectivity index (χ3v) is 3.70.